The fraction of sp³-hybridized carbons (Fsp3) is 0.250. The molecule has 1 fully saturated rings. The second-order valence-corrected chi connectivity index (χ2v) is 8.26. The lowest BCUT2D eigenvalue weighted by molar-refractivity contribution is -0.115. The van der Waals surface area contributed by atoms with Crippen LogP contribution in [0.1, 0.15) is 25.8 Å². The summed E-state index contributed by atoms with van der Waals surface area (Å²) in [6, 6.07) is 14.6. The Morgan fingerprint density at radius 2 is 1.93 bits per heavy atom. The molecule has 7 heteroatoms. The summed E-state index contributed by atoms with van der Waals surface area (Å²) in [7, 11) is 0. The number of fused-ring (bicyclic) bond motifs is 1. The van der Waals surface area contributed by atoms with E-state index >= 15 is 0 Å². The number of amides is 1. The lowest BCUT2D eigenvalue weighted by atomic mass is 10.2. The first-order valence-electron chi connectivity index (χ1n) is 8.78. The zero-order chi connectivity index (χ0) is 19.0. The molecule has 1 aromatic heterocycles. The molecule has 5 nitrogen and oxygen atoms in total. The van der Waals surface area contributed by atoms with Crippen LogP contribution in [0.3, 0.4) is 0 Å². The van der Waals surface area contributed by atoms with Crippen molar-refractivity contribution in [1.82, 2.24) is 9.55 Å². The zero-order valence-corrected chi connectivity index (χ0v) is 16.3. The van der Waals surface area contributed by atoms with E-state index in [1.165, 1.54) is 11.8 Å². The van der Waals surface area contributed by atoms with Gasteiger partial charge in [0, 0.05) is 6.04 Å². The van der Waals surface area contributed by atoms with Crippen LogP contribution in [0.4, 0.5) is 5.69 Å². The van der Waals surface area contributed by atoms with Crippen LogP contribution < -0.4 is 10.9 Å². The molecule has 1 amide bonds. The second kappa shape index (κ2) is 7.37. The van der Waals surface area contributed by atoms with Gasteiger partial charge >= 0.3 is 0 Å². The SMILES string of the molecule is CC(Sc1nc2ccccc2c(=O)n1C1CC1)C(=O)Nc1ccccc1Cl. The van der Waals surface area contributed by atoms with Crippen molar-refractivity contribution in [1.29, 1.82) is 0 Å². The predicted octanol–water partition coefficient (Wildman–Crippen LogP) is 4.50. The normalized spacial score (nSPS) is 14.9. The van der Waals surface area contributed by atoms with Gasteiger partial charge in [0.2, 0.25) is 5.91 Å². The Morgan fingerprint density at radius 3 is 2.67 bits per heavy atom. The second-order valence-electron chi connectivity index (χ2n) is 6.55. The molecule has 0 bridgehead atoms. The minimum atomic E-state index is -0.431. The molecule has 1 aliphatic rings. The molecule has 1 atom stereocenters. The summed E-state index contributed by atoms with van der Waals surface area (Å²) >= 11 is 7.41. The molecule has 0 spiro atoms. The van der Waals surface area contributed by atoms with Gasteiger partial charge < -0.3 is 5.32 Å². The maximum absolute atomic E-state index is 12.9. The lowest BCUT2D eigenvalue weighted by Crippen LogP contribution is -2.26. The highest BCUT2D eigenvalue weighted by Crippen LogP contribution is 2.37. The number of carbonyl (C=O) groups is 1. The molecular formula is C20H18ClN3O2S. The van der Waals surface area contributed by atoms with Crippen molar-refractivity contribution in [3.05, 3.63) is 63.9 Å². The van der Waals surface area contributed by atoms with Gasteiger partial charge in [-0.25, -0.2) is 4.98 Å². The quantitative estimate of drug-likeness (QED) is 0.506. The van der Waals surface area contributed by atoms with Gasteiger partial charge in [-0.2, -0.15) is 0 Å². The molecule has 1 heterocycles. The van der Waals surface area contributed by atoms with Crippen LogP contribution in [0.15, 0.2) is 58.5 Å². The van der Waals surface area contributed by atoms with E-state index in [-0.39, 0.29) is 17.5 Å². The zero-order valence-electron chi connectivity index (χ0n) is 14.7. The van der Waals surface area contributed by atoms with Crippen LogP contribution in [0.25, 0.3) is 10.9 Å². The van der Waals surface area contributed by atoms with E-state index in [4.69, 9.17) is 11.6 Å². The Balaban J connectivity index is 1.62. The molecule has 27 heavy (non-hydrogen) atoms. The number of rotatable bonds is 5. The number of aromatic nitrogens is 2. The summed E-state index contributed by atoms with van der Waals surface area (Å²) in [5.74, 6) is -0.183. The topological polar surface area (TPSA) is 64.0 Å². The Bertz CT molecular complexity index is 1080. The van der Waals surface area contributed by atoms with Gasteiger partial charge in [0.15, 0.2) is 5.16 Å². The predicted molar refractivity (Wildman–Crippen MR) is 110 cm³/mol. The third-order valence-electron chi connectivity index (χ3n) is 4.47. The maximum atomic E-state index is 12.9. The Morgan fingerprint density at radius 1 is 1.22 bits per heavy atom. The minimum absolute atomic E-state index is 0.0377. The summed E-state index contributed by atoms with van der Waals surface area (Å²) in [4.78, 5) is 30.2. The summed E-state index contributed by atoms with van der Waals surface area (Å²) in [5, 5.41) is 4.10. The highest BCUT2D eigenvalue weighted by Gasteiger charge is 2.30. The van der Waals surface area contributed by atoms with Gasteiger partial charge in [-0.15, -0.1) is 0 Å². The van der Waals surface area contributed by atoms with E-state index in [0.717, 1.165) is 12.8 Å². The Kier molecular flexibility index (Phi) is 4.93. The summed E-state index contributed by atoms with van der Waals surface area (Å²) in [6.07, 6.45) is 1.93. The van der Waals surface area contributed by atoms with Gasteiger partial charge in [-0.3, -0.25) is 14.2 Å². The number of thioether (sulfide) groups is 1. The summed E-state index contributed by atoms with van der Waals surface area (Å²) in [5.41, 5.74) is 1.19. The van der Waals surface area contributed by atoms with Crippen molar-refractivity contribution in [2.75, 3.05) is 5.32 Å². The van der Waals surface area contributed by atoms with Crippen molar-refractivity contribution in [2.45, 2.75) is 36.2 Å². The molecule has 3 aromatic rings. The van der Waals surface area contributed by atoms with E-state index in [2.05, 4.69) is 10.3 Å². The number of benzene rings is 2. The van der Waals surface area contributed by atoms with Crippen LogP contribution in [-0.2, 0) is 4.79 Å². The van der Waals surface area contributed by atoms with Gasteiger partial charge in [0.1, 0.15) is 0 Å². The maximum Gasteiger partial charge on any atom is 0.262 e. The third kappa shape index (κ3) is 3.73. The first-order chi connectivity index (χ1) is 13.0. The van der Waals surface area contributed by atoms with Crippen molar-refractivity contribution < 1.29 is 4.79 Å². The number of para-hydroxylation sites is 2. The first-order valence-corrected chi connectivity index (χ1v) is 10.0. The van der Waals surface area contributed by atoms with Gasteiger partial charge in [-0.1, -0.05) is 47.6 Å². The van der Waals surface area contributed by atoms with Crippen molar-refractivity contribution in [2.24, 2.45) is 0 Å². The molecule has 1 saturated carbocycles. The number of hydrogen-bond donors (Lipinski definition) is 1. The number of nitrogens with one attached hydrogen (secondary N) is 1. The number of hydrogen-bond acceptors (Lipinski definition) is 4. The average Bonchev–Trinajstić information content (AvgIpc) is 3.48. The van der Waals surface area contributed by atoms with Crippen molar-refractivity contribution >= 4 is 45.9 Å². The average molecular weight is 400 g/mol. The summed E-state index contributed by atoms with van der Waals surface area (Å²) in [6.45, 7) is 1.80. The molecule has 0 saturated heterocycles. The monoisotopic (exact) mass is 399 g/mol. The smallest absolute Gasteiger partial charge is 0.262 e. The van der Waals surface area contributed by atoms with E-state index in [1.54, 1.807) is 29.7 Å². The van der Waals surface area contributed by atoms with E-state index in [1.807, 2.05) is 30.3 Å². The van der Waals surface area contributed by atoms with Crippen LogP contribution in [-0.4, -0.2) is 20.7 Å². The number of carbonyl (C=O) groups excluding carboxylic acids is 1. The standard InChI is InChI=1S/C20H18ClN3O2S/c1-12(18(25)22-17-9-5-3-7-15(17)21)27-20-23-16-8-4-2-6-14(16)19(26)24(20)13-10-11-13/h2-9,12-13H,10-11H2,1H3,(H,22,25). The van der Waals surface area contributed by atoms with Crippen molar-refractivity contribution in [3.8, 4) is 0 Å². The molecule has 1 aliphatic carbocycles. The van der Waals surface area contributed by atoms with Crippen LogP contribution >= 0.6 is 23.4 Å². The molecule has 138 valence electrons. The van der Waals surface area contributed by atoms with Gasteiger partial charge in [0.25, 0.3) is 5.56 Å². The fourth-order valence-corrected chi connectivity index (χ4v) is 4.03. The fourth-order valence-electron chi connectivity index (χ4n) is 2.87. The van der Waals surface area contributed by atoms with E-state index < -0.39 is 5.25 Å². The Labute approximate surface area is 165 Å². The molecule has 1 N–H and O–H groups in total. The van der Waals surface area contributed by atoms with Gasteiger partial charge in [-0.05, 0) is 44.0 Å². The number of nitrogens with zero attached hydrogens (tertiary/aromatic N) is 2. The largest absolute Gasteiger partial charge is 0.324 e. The molecule has 1 unspecified atom stereocenters. The summed E-state index contributed by atoms with van der Waals surface area (Å²) < 4.78 is 1.74. The van der Waals surface area contributed by atoms with E-state index in [0.29, 0.717) is 26.8 Å². The molecular weight excluding hydrogens is 382 g/mol. The number of anilines is 1. The third-order valence-corrected chi connectivity index (χ3v) is 5.87. The molecule has 0 radical (unpaired) electrons. The molecule has 4 rings (SSSR count). The molecule has 0 aliphatic heterocycles. The van der Waals surface area contributed by atoms with Crippen LogP contribution in [0.2, 0.25) is 5.02 Å². The molecule has 2 aromatic carbocycles. The van der Waals surface area contributed by atoms with Crippen molar-refractivity contribution in [3.63, 3.8) is 0 Å². The van der Waals surface area contributed by atoms with Crippen LogP contribution in [0.5, 0.6) is 0 Å². The Hall–Kier alpha value is -2.31. The van der Waals surface area contributed by atoms with Gasteiger partial charge in [0.05, 0.1) is 26.9 Å². The van der Waals surface area contributed by atoms with E-state index in [9.17, 15) is 9.59 Å². The number of halogens is 1. The minimum Gasteiger partial charge on any atom is -0.324 e. The first kappa shape index (κ1) is 18.1. The highest BCUT2D eigenvalue weighted by molar-refractivity contribution is 8.00. The lowest BCUT2D eigenvalue weighted by Gasteiger charge is -2.16. The van der Waals surface area contributed by atoms with Crippen LogP contribution in [0, 0.1) is 0 Å². The highest BCUT2D eigenvalue weighted by atomic mass is 35.5.